The van der Waals surface area contributed by atoms with Crippen molar-refractivity contribution in [1.29, 1.82) is 0 Å². The van der Waals surface area contributed by atoms with Crippen LogP contribution < -0.4 is 0 Å². The van der Waals surface area contributed by atoms with E-state index in [1.54, 1.807) is 0 Å². The summed E-state index contributed by atoms with van der Waals surface area (Å²) in [6.45, 7) is 3.22. The first-order valence-corrected chi connectivity index (χ1v) is 23.8. The molecule has 0 amide bonds. The van der Waals surface area contributed by atoms with Gasteiger partial charge in [0.05, 0.1) is 6.61 Å². The first kappa shape index (κ1) is 54.1. The third-order valence-electron chi connectivity index (χ3n) is 10.2. The maximum absolute atomic E-state index is 12.8. The number of unbranched alkanes of at least 4 members (excludes halogenated alkanes) is 18. The molecule has 14 heteroatoms. The topological polar surface area (TPSA) is 210 Å². The maximum atomic E-state index is 12.8. The van der Waals surface area contributed by atoms with Crippen LogP contribution in [0, 0.1) is 0 Å². The highest BCUT2D eigenvalue weighted by molar-refractivity contribution is 7.47. The van der Waals surface area contributed by atoms with E-state index in [1.165, 1.54) is 44.9 Å². The lowest BCUT2D eigenvalue weighted by Gasteiger charge is -2.41. The molecule has 6 unspecified atom stereocenters. The number of rotatable bonds is 36. The summed E-state index contributed by atoms with van der Waals surface area (Å²) < 4.78 is 33.4. The summed E-state index contributed by atoms with van der Waals surface area (Å²) in [6.07, 6.45) is 24.9. The smallest absolute Gasteiger partial charge is 0.462 e. The molecule has 58 heavy (non-hydrogen) atoms. The van der Waals surface area contributed by atoms with E-state index in [0.29, 0.717) is 12.8 Å². The Morgan fingerprint density at radius 1 is 0.534 bits per heavy atom. The Bertz CT molecular complexity index is 1160. The van der Waals surface area contributed by atoms with Crippen LogP contribution in [0.15, 0.2) is 36.5 Å². The molecule has 1 fully saturated rings. The molecular formula is C44H79O13P. The predicted molar refractivity (Wildman–Crippen MR) is 226 cm³/mol. The zero-order valence-electron chi connectivity index (χ0n) is 35.6. The van der Waals surface area contributed by atoms with Crippen LogP contribution in [0.1, 0.15) is 174 Å². The van der Waals surface area contributed by atoms with Gasteiger partial charge in [-0.15, -0.1) is 0 Å². The van der Waals surface area contributed by atoms with Crippen molar-refractivity contribution in [2.45, 2.75) is 217 Å². The second-order valence-corrected chi connectivity index (χ2v) is 16.9. The number of phosphoric acid groups is 1. The van der Waals surface area contributed by atoms with E-state index in [9.17, 15) is 44.6 Å². The molecule has 1 aliphatic rings. The average Bonchev–Trinajstić information content (AvgIpc) is 3.20. The SMILES string of the molecule is CCCC/C=C\CCCCCCCC(=O)OCC(COP(=O)(O)OC1C(O)C(O)C(O)C(O)C1O)OC(=O)CCCCCCCCC/C=C\C/C=C\CCCCCC. The van der Waals surface area contributed by atoms with Gasteiger partial charge in [0.15, 0.2) is 6.10 Å². The summed E-state index contributed by atoms with van der Waals surface area (Å²) in [5, 5.41) is 50.1. The van der Waals surface area contributed by atoms with Gasteiger partial charge in [0.25, 0.3) is 0 Å². The van der Waals surface area contributed by atoms with Crippen LogP contribution in [0.2, 0.25) is 0 Å². The standard InChI is InChI=1S/C44H79O13P/c1-3-5-7-9-11-13-15-16-17-18-19-20-21-23-25-27-29-31-33-38(46)56-36(34-54-37(45)32-30-28-26-24-22-14-12-10-8-6-4-2)35-55-58(52,53)57-44-42(50)40(48)39(47)41(49)43(44)51/h10,12-13,15,17-18,36,39-44,47-51H,3-9,11,14,16,19-35H2,1-2H3,(H,52,53)/b12-10-,15-13-,18-17-. The lowest BCUT2D eigenvalue weighted by Crippen LogP contribution is -2.64. The minimum absolute atomic E-state index is 0.0861. The lowest BCUT2D eigenvalue weighted by atomic mass is 9.85. The molecule has 0 saturated heterocycles. The van der Waals surface area contributed by atoms with Crippen molar-refractivity contribution >= 4 is 19.8 Å². The average molecular weight is 847 g/mol. The van der Waals surface area contributed by atoms with Crippen molar-refractivity contribution in [2.75, 3.05) is 13.2 Å². The second-order valence-electron chi connectivity index (χ2n) is 15.5. The van der Waals surface area contributed by atoms with Gasteiger partial charge in [-0.3, -0.25) is 18.6 Å². The first-order valence-electron chi connectivity index (χ1n) is 22.3. The van der Waals surface area contributed by atoms with E-state index < -0.39 is 75.7 Å². The van der Waals surface area contributed by atoms with Crippen molar-refractivity contribution in [3.63, 3.8) is 0 Å². The molecule has 0 aromatic heterocycles. The fraction of sp³-hybridized carbons (Fsp3) is 0.818. The predicted octanol–water partition coefficient (Wildman–Crippen LogP) is 8.22. The second kappa shape index (κ2) is 34.7. The number of ether oxygens (including phenoxy) is 2. The first-order chi connectivity index (χ1) is 27.9. The van der Waals surface area contributed by atoms with E-state index in [2.05, 4.69) is 50.3 Å². The third kappa shape index (κ3) is 27.0. The Morgan fingerprint density at radius 3 is 1.47 bits per heavy atom. The van der Waals surface area contributed by atoms with Crippen LogP contribution in [0.4, 0.5) is 0 Å². The normalized spacial score (nSPS) is 22.8. The number of carbonyl (C=O) groups is 2. The van der Waals surface area contributed by atoms with E-state index in [4.69, 9.17) is 18.5 Å². The Hall–Kier alpha value is -1.93. The van der Waals surface area contributed by atoms with Crippen molar-refractivity contribution < 1.29 is 63.1 Å². The van der Waals surface area contributed by atoms with Gasteiger partial charge in [-0.25, -0.2) is 4.57 Å². The number of hydrogen-bond donors (Lipinski definition) is 6. The van der Waals surface area contributed by atoms with E-state index >= 15 is 0 Å². The Kier molecular flexibility index (Phi) is 32.4. The van der Waals surface area contributed by atoms with Crippen molar-refractivity contribution in [3.05, 3.63) is 36.5 Å². The van der Waals surface area contributed by atoms with Crippen LogP contribution in [-0.4, -0.2) is 98.3 Å². The summed E-state index contributed by atoms with van der Waals surface area (Å²) in [7, 11) is -5.12. The molecule has 6 atom stereocenters. The molecule has 0 spiro atoms. The molecule has 1 rings (SSSR count). The largest absolute Gasteiger partial charge is 0.472 e. The molecular weight excluding hydrogens is 767 g/mol. The van der Waals surface area contributed by atoms with Gasteiger partial charge in [-0.1, -0.05) is 134 Å². The van der Waals surface area contributed by atoms with Crippen LogP contribution in [0.25, 0.3) is 0 Å². The number of phosphoric ester groups is 1. The Morgan fingerprint density at radius 2 is 0.948 bits per heavy atom. The summed E-state index contributed by atoms with van der Waals surface area (Å²) in [5.74, 6) is -1.12. The van der Waals surface area contributed by atoms with Crippen LogP contribution >= 0.6 is 7.82 Å². The molecule has 1 saturated carbocycles. The molecule has 0 bridgehead atoms. The molecule has 6 N–H and O–H groups in total. The third-order valence-corrected chi connectivity index (χ3v) is 11.2. The number of esters is 2. The highest BCUT2D eigenvalue weighted by Crippen LogP contribution is 2.47. The van der Waals surface area contributed by atoms with Gasteiger partial charge >= 0.3 is 19.8 Å². The van der Waals surface area contributed by atoms with Gasteiger partial charge in [0.2, 0.25) is 0 Å². The molecule has 0 aromatic rings. The maximum Gasteiger partial charge on any atom is 0.472 e. The van der Waals surface area contributed by atoms with Gasteiger partial charge in [0, 0.05) is 12.8 Å². The Balaban J connectivity index is 2.47. The molecule has 338 valence electrons. The summed E-state index contributed by atoms with van der Waals surface area (Å²) in [6, 6.07) is 0. The zero-order valence-corrected chi connectivity index (χ0v) is 36.5. The minimum atomic E-state index is -5.12. The molecule has 0 aromatic carbocycles. The summed E-state index contributed by atoms with van der Waals surface area (Å²) in [4.78, 5) is 35.6. The highest BCUT2D eigenvalue weighted by atomic mass is 31.2. The van der Waals surface area contributed by atoms with Gasteiger partial charge in [-0.05, 0) is 64.2 Å². The lowest BCUT2D eigenvalue weighted by molar-refractivity contribution is -0.220. The van der Waals surface area contributed by atoms with Crippen LogP contribution in [-0.2, 0) is 32.7 Å². The highest BCUT2D eigenvalue weighted by Gasteiger charge is 2.51. The summed E-state index contributed by atoms with van der Waals surface area (Å²) in [5.41, 5.74) is 0. The molecule has 1 aliphatic carbocycles. The van der Waals surface area contributed by atoms with Gasteiger partial charge < -0.3 is 39.9 Å². The van der Waals surface area contributed by atoms with Gasteiger partial charge in [-0.2, -0.15) is 0 Å². The van der Waals surface area contributed by atoms with Crippen LogP contribution in [0.3, 0.4) is 0 Å². The van der Waals surface area contributed by atoms with E-state index in [0.717, 1.165) is 89.9 Å². The van der Waals surface area contributed by atoms with Crippen molar-refractivity contribution in [3.8, 4) is 0 Å². The molecule has 0 heterocycles. The quantitative estimate of drug-likeness (QED) is 0.0152. The number of hydrogen-bond acceptors (Lipinski definition) is 12. The molecule has 0 radical (unpaired) electrons. The fourth-order valence-electron chi connectivity index (χ4n) is 6.53. The number of carbonyl (C=O) groups excluding carboxylic acids is 2. The monoisotopic (exact) mass is 847 g/mol. The van der Waals surface area contributed by atoms with E-state index in [-0.39, 0.29) is 12.8 Å². The Labute approximate surface area is 348 Å². The number of aliphatic hydroxyl groups excluding tert-OH is 5. The number of aliphatic hydroxyl groups is 5. The number of allylic oxidation sites excluding steroid dienone is 6. The molecule has 13 nitrogen and oxygen atoms in total. The zero-order chi connectivity index (χ0) is 42.9. The van der Waals surface area contributed by atoms with Gasteiger partial charge in [0.1, 0.15) is 43.2 Å². The minimum Gasteiger partial charge on any atom is -0.462 e. The van der Waals surface area contributed by atoms with Crippen molar-refractivity contribution in [2.24, 2.45) is 0 Å². The van der Waals surface area contributed by atoms with Crippen molar-refractivity contribution in [1.82, 2.24) is 0 Å². The fourth-order valence-corrected chi connectivity index (χ4v) is 7.51. The molecule has 0 aliphatic heterocycles. The van der Waals surface area contributed by atoms with E-state index in [1.807, 2.05) is 0 Å². The van der Waals surface area contributed by atoms with Crippen LogP contribution in [0.5, 0.6) is 0 Å². The summed E-state index contributed by atoms with van der Waals surface area (Å²) >= 11 is 0.